The molecule has 0 spiro atoms. The minimum atomic E-state index is 0.536. The fraction of sp³-hybridized carbons (Fsp3) is 0.500. The fourth-order valence-electron chi connectivity index (χ4n) is 1.55. The Labute approximate surface area is 85.9 Å². The van der Waals surface area contributed by atoms with Crippen molar-refractivity contribution in [3.8, 4) is 0 Å². The van der Waals surface area contributed by atoms with E-state index >= 15 is 0 Å². The van der Waals surface area contributed by atoms with Crippen LogP contribution in [0, 0.1) is 12.8 Å². The molecule has 1 aromatic rings. The van der Waals surface area contributed by atoms with Crippen molar-refractivity contribution in [2.45, 2.75) is 33.6 Å². The maximum atomic E-state index is 6.17. The Morgan fingerprint density at radius 1 is 1.15 bits per heavy atom. The van der Waals surface area contributed by atoms with E-state index in [0.29, 0.717) is 11.8 Å². The van der Waals surface area contributed by atoms with E-state index in [1.54, 1.807) is 0 Å². The van der Waals surface area contributed by atoms with Crippen molar-refractivity contribution >= 4 is 11.6 Å². The molecule has 0 unspecified atom stereocenters. The number of halogens is 1. The highest BCUT2D eigenvalue weighted by Gasteiger charge is 2.14. The van der Waals surface area contributed by atoms with Gasteiger partial charge in [-0.25, -0.2) is 0 Å². The first-order valence-electron chi connectivity index (χ1n) is 4.79. The van der Waals surface area contributed by atoms with E-state index in [2.05, 4.69) is 33.8 Å². The van der Waals surface area contributed by atoms with Crippen LogP contribution in [0.1, 0.15) is 37.8 Å². The van der Waals surface area contributed by atoms with Crippen molar-refractivity contribution in [2.75, 3.05) is 0 Å². The Bertz CT molecular complexity index is 269. The molecule has 0 aliphatic rings. The van der Waals surface area contributed by atoms with Crippen LogP contribution in [0.15, 0.2) is 18.2 Å². The lowest BCUT2D eigenvalue weighted by atomic mass is 9.87. The Balaban J connectivity index is 3.12. The van der Waals surface area contributed by atoms with E-state index < -0.39 is 0 Å². The zero-order valence-electron chi connectivity index (χ0n) is 8.76. The van der Waals surface area contributed by atoms with E-state index in [4.69, 9.17) is 11.6 Å². The van der Waals surface area contributed by atoms with Gasteiger partial charge in [0.2, 0.25) is 0 Å². The van der Waals surface area contributed by atoms with Gasteiger partial charge in [0.05, 0.1) is 0 Å². The summed E-state index contributed by atoms with van der Waals surface area (Å²) < 4.78 is 0. The van der Waals surface area contributed by atoms with Gasteiger partial charge in [0.15, 0.2) is 0 Å². The summed E-state index contributed by atoms with van der Waals surface area (Å²) in [6.07, 6.45) is 0. The standard InChI is InChI=1S/C12H17Cl/c1-8(2)10(4)12-9(3)6-5-7-11(12)13/h5-8,10H,1-4H3/t10-/m1/s1. The van der Waals surface area contributed by atoms with Gasteiger partial charge < -0.3 is 0 Å². The average molecular weight is 197 g/mol. The minimum absolute atomic E-state index is 0.536. The molecule has 1 atom stereocenters. The van der Waals surface area contributed by atoms with Crippen molar-refractivity contribution in [2.24, 2.45) is 5.92 Å². The van der Waals surface area contributed by atoms with E-state index in [-0.39, 0.29) is 0 Å². The molecular formula is C12H17Cl. The van der Waals surface area contributed by atoms with Crippen LogP contribution in [-0.4, -0.2) is 0 Å². The largest absolute Gasteiger partial charge is 0.0840 e. The average Bonchev–Trinajstić information content (AvgIpc) is 2.03. The topological polar surface area (TPSA) is 0 Å². The summed E-state index contributed by atoms with van der Waals surface area (Å²) in [5.74, 6) is 1.17. The first-order valence-corrected chi connectivity index (χ1v) is 5.17. The molecule has 1 aromatic carbocycles. The van der Waals surface area contributed by atoms with Gasteiger partial charge in [-0.2, -0.15) is 0 Å². The summed E-state index contributed by atoms with van der Waals surface area (Å²) >= 11 is 6.17. The zero-order valence-corrected chi connectivity index (χ0v) is 9.52. The molecule has 0 fully saturated rings. The Hall–Kier alpha value is -0.490. The second-order valence-electron chi connectivity index (χ2n) is 4.00. The van der Waals surface area contributed by atoms with Gasteiger partial charge in [0.1, 0.15) is 0 Å². The predicted octanol–water partition coefficient (Wildman–Crippen LogP) is 4.41. The first kappa shape index (κ1) is 10.6. The molecule has 0 saturated heterocycles. The predicted molar refractivity (Wildman–Crippen MR) is 59.4 cm³/mol. The molecule has 0 aliphatic heterocycles. The summed E-state index contributed by atoms with van der Waals surface area (Å²) in [6, 6.07) is 6.11. The summed E-state index contributed by atoms with van der Waals surface area (Å²) in [4.78, 5) is 0. The third-order valence-corrected chi connectivity index (χ3v) is 3.06. The van der Waals surface area contributed by atoms with Crippen molar-refractivity contribution in [1.29, 1.82) is 0 Å². The van der Waals surface area contributed by atoms with Crippen LogP contribution >= 0.6 is 11.6 Å². The number of hydrogen-bond acceptors (Lipinski definition) is 0. The van der Waals surface area contributed by atoms with Crippen molar-refractivity contribution in [1.82, 2.24) is 0 Å². The van der Waals surface area contributed by atoms with E-state index in [1.165, 1.54) is 11.1 Å². The van der Waals surface area contributed by atoms with Crippen molar-refractivity contribution in [3.63, 3.8) is 0 Å². The molecule has 0 bridgehead atoms. The molecule has 0 saturated carbocycles. The van der Waals surface area contributed by atoms with Crippen LogP contribution in [0.4, 0.5) is 0 Å². The highest BCUT2D eigenvalue weighted by atomic mass is 35.5. The zero-order chi connectivity index (χ0) is 10.0. The van der Waals surface area contributed by atoms with Crippen molar-refractivity contribution < 1.29 is 0 Å². The number of hydrogen-bond donors (Lipinski definition) is 0. The molecular weight excluding hydrogens is 180 g/mol. The second kappa shape index (κ2) is 4.15. The van der Waals surface area contributed by atoms with Gasteiger partial charge >= 0.3 is 0 Å². The smallest absolute Gasteiger partial charge is 0.0443 e. The van der Waals surface area contributed by atoms with Gasteiger partial charge in [0, 0.05) is 5.02 Å². The Morgan fingerprint density at radius 3 is 2.23 bits per heavy atom. The maximum absolute atomic E-state index is 6.17. The van der Waals surface area contributed by atoms with Crippen LogP contribution in [0.25, 0.3) is 0 Å². The highest BCUT2D eigenvalue weighted by molar-refractivity contribution is 6.31. The molecule has 0 amide bonds. The van der Waals surface area contributed by atoms with Gasteiger partial charge in [-0.1, -0.05) is 44.5 Å². The quantitative estimate of drug-likeness (QED) is 0.658. The lowest BCUT2D eigenvalue weighted by Crippen LogP contribution is -2.04. The van der Waals surface area contributed by atoms with Crippen LogP contribution < -0.4 is 0 Å². The third kappa shape index (κ3) is 2.25. The minimum Gasteiger partial charge on any atom is -0.0840 e. The molecule has 0 heterocycles. The molecule has 1 heteroatoms. The number of aryl methyl sites for hydroxylation is 1. The summed E-state index contributed by atoms with van der Waals surface area (Å²) in [6.45, 7) is 8.82. The molecule has 0 aromatic heterocycles. The first-order chi connectivity index (χ1) is 6.04. The highest BCUT2D eigenvalue weighted by Crippen LogP contribution is 2.32. The molecule has 0 radical (unpaired) electrons. The molecule has 1 rings (SSSR count). The molecule has 13 heavy (non-hydrogen) atoms. The second-order valence-corrected chi connectivity index (χ2v) is 4.41. The molecule has 0 nitrogen and oxygen atoms in total. The maximum Gasteiger partial charge on any atom is 0.0443 e. The van der Waals surface area contributed by atoms with Crippen LogP contribution in [-0.2, 0) is 0 Å². The Kier molecular flexibility index (Phi) is 3.38. The van der Waals surface area contributed by atoms with Crippen LogP contribution in [0.5, 0.6) is 0 Å². The lowest BCUT2D eigenvalue weighted by Gasteiger charge is -2.19. The van der Waals surface area contributed by atoms with Gasteiger partial charge in [0.25, 0.3) is 0 Å². The van der Waals surface area contributed by atoms with Gasteiger partial charge in [-0.05, 0) is 36.0 Å². The van der Waals surface area contributed by atoms with Crippen LogP contribution in [0.2, 0.25) is 5.02 Å². The van der Waals surface area contributed by atoms with Gasteiger partial charge in [-0.3, -0.25) is 0 Å². The molecule has 72 valence electrons. The lowest BCUT2D eigenvalue weighted by molar-refractivity contribution is 0.533. The summed E-state index contributed by atoms with van der Waals surface area (Å²) in [5.41, 5.74) is 2.60. The molecule has 0 aliphatic carbocycles. The number of benzene rings is 1. The van der Waals surface area contributed by atoms with E-state index in [1.807, 2.05) is 12.1 Å². The van der Waals surface area contributed by atoms with Gasteiger partial charge in [-0.15, -0.1) is 0 Å². The fourth-order valence-corrected chi connectivity index (χ4v) is 1.95. The monoisotopic (exact) mass is 196 g/mol. The number of rotatable bonds is 2. The van der Waals surface area contributed by atoms with E-state index in [9.17, 15) is 0 Å². The third-order valence-electron chi connectivity index (χ3n) is 2.73. The van der Waals surface area contributed by atoms with Crippen molar-refractivity contribution in [3.05, 3.63) is 34.3 Å². The SMILES string of the molecule is Cc1cccc(Cl)c1[C@H](C)C(C)C. The normalized spacial score (nSPS) is 13.4. The Morgan fingerprint density at radius 2 is 1.77 bits per heavy atom. The van der Waals surface area contributed by atoms with Crippen LogP contribution in [0.3, 0.4) is 0 Å². The summed E-state index contributed by atoms with van der Waals surface area (Å²) in [7, 11) is 0. The summed E-state index contributed by atoms with van der Waals surface area (Å²) in [5, 5.41) is 0.904. The molecule has 0 N–H and O–H groups in total. The van der Waals surface area contributed by atoms with E-state index in [0.717, 1.165) is 5.02 Å².